The normalized spacial score (nSPS) is 9.94. The second kappa shape index (κ2) is 5.13. The Balaban J connectivity index is 2.11. The predicted molar refractivity (Wildman–Crippen MR) is 75.8 cm³/mol. The minimum atomic E-state index is -0.159. The van der Waals surface area contributed by atoms with Crippen LogP contribution in [0.4, 0.5) is 11.5 Å². The van der Waals surface area contributed by atoms with Crippen molar-refractivity contribution in [2.45, 2.75) is 0 Å². The number of nitrogen functional groups attached to an aromatic ring is 1. The number of rotatable bonds is 2. The molecule has 1 aromatic carbocycles. The lowest BCUT2D eigenvalue weighted by Crippen LogP contribution is -2.12. The van der Waals surface area contributed by atoms with Crippen LogP contribution in [0, 0.1) is 3.57 Å². The van der Waals surface area contributed by atoms with Crippen molar-refractivity contribution in [2.24, 2.45) is 0 Å². The number of hydrogen-bond acceptors (Lipinski definition) is 3. The van der Waals surface area contributed by atoms with E-state index in [1.54, 1.807) is 24.3 Å². The van der Waals surface area contributed by atoms with Gasteiger partial charge in [-0.25, -0.2) is 4.98 Å². The molecule has 0 bridgehead atoms. The maximum atomic E-state index is 11.8. The molecule has 1 amide bonds. The van der Waals surface area contributed by atoms with Crippen LogP contribution >= 0.6 is 22.6 Å². The number of nitrogens with one attached hydrogen (secondary N) is 1. The molecule has 4 nitrogen and oxygen atoms in total. The van der Waals surface area contributed by atoms with Crippen LogP contribution < -0.4 is 11.1 Å². The summed E-state index contributed by atoms with van der Waals surface area (Å²) in [6, 6.07) is 10.7. The Labute approximate surface area is 112 Å². The predicted octanol–water partition coefficient (Wildman–Crippen LogP) is 2.52. The van der Waals surface area contributed by atoms with Crippen LogP contribution in [0.25, 0.3) is 0 Å². The summed E-state index contributed by atoms with van der Waals surface area (Å²) in [7, 11) is 0. The lowest BCUT2D eigenvalue weighted by Gasteiger charge is -2.05. The Morgan fingerprint density at radius 3 is 2.47 bits per heavy atom. The summed E-state index contributed by atoms with van der Waals surface area (Å²) in [4.78, 5) is 15.7. The minimum Gasteiger partial charge on any atom is -0.384 e. The number of amides is 1. The molecule has 0 aliphatic rings. The first-order valence-electron chi connectivity index (χ1n) is 4.93. The molecule has 0 saturated carbocycles. The van der Waals surface area contributed by atoms with Crippen LogP contribution in [0.3, 0.4) is 0 Å². The van der Waals surface area contributed by atoms with E-state index in [4.69, 9.17) is 5.73 Å². The van der Waals surface area contributed by atoms with Gasteiger partial charge in [0.25, 0.3) is 5.91 Å². The number of nitrogens with zero attached hydrogens (tertiary/aromatic N) is 1. The van der Waals surface area contributed by atoms with Gasteiger partial charge in [-0.05, 0) is 59.0 Å². The molecule has 2 aromatic rings. The van der Waals surface area contributed by atoms with Crippen molar-refractivity contribution >= 4 is 40.0 Å². The highest BCUT2D eigenvalue weighted by atomic mass is 127. The van der Waals surface area contributed by atoms with E-state index in [2.05, 4.69) is 32.9 Å². The molecule has 0 unspecified atom stereocenters. The van der Waals surface area contributed by atoms with Crippen LogP contribution in [0.1, 0.15) is 10.4 Å². The Kier molecular flexibility index (Phi) is 3.58. The number of hydrogen-bond donors (Lipinski definition) is 2. The van der Waals surface area contributed by atoms with Crippen molar-refractivity contribution in [1.82, 2.24) is 4.98 Å². The number of carbonyl (C=O) groups excluding carboxylic acids is 1. The largest absolute Gasteiger partial charge is 0.384 e. The zero-order chi connectivity index (χ0) is 12.3. The van der Waals surface area contributed by atoms with E-state index in [1.807, 2.05) is 12.1 Å². The fourth-order valence-electron chi connectivity index (χ4n) is 1.28. The average Bonchev–Trinajstić information content (AvgIpc) is 2.33. The number of pyridine rings is 1. The topological polar surface area (TPSA) is 68.0 Å². The molecular formula is C12H10IN3O. The van der Waals surface area contributed by atoms with Crippen molar-refractivity contribution in [3.8, 4) is 0 Å². The van der Waals surface area contributed by atoms with Gasteiger partial charge in [0, 0.05) is 9.13 Å². The van der Waals surface area contributed by atoms with Gasteiger partial charge in [-0.1, -0.05) is 0 Å². The molecule has 1 aromatic heterocycles. The van der Waals surface area contributed by atoms with E-state index in [1.165, 1.54) is 6.20 Å². The van der Waals surface area contributed by atoms with Gasteiger partial charge in [-0.2, -0.15) is 0 Å². The summed E-state index contributed by atoms with van der Waals surface area (Å²) < 4.78 is 1.09. The standard InChI is InChI=1S/C12H10IN3O/c13-9-3-1-8(2-4-9)12(17)16-10-5-6-11(14)15-7-10/h1-7H,(H2,14,15)(H,16,17). The van der Waals surface area contributed by atoms with E-state index in [0.29, 0.717) is 17.1 Å². The Hall–Kier alpha value is -1.63. The van der Waals surface area contributed by atoms with Gasteiger partial charge in [0.1, 0.15) is 5.82 Å². The van der Waals surface area contributed by atoms with Gasteiger partial charge >= 0.3 is 0 Å². The molecule has 0 saturated heterocycles. The fourth-order valence-corrected chi connectivity index (χ4v) is 1.64. The number of anilines is 2. The summed E-state index contributed by atoms with van der Waals surface area (Å²) in [5.41, 5.74) is 6.70. The third-order valence-corrected chi connectivity index (χ3v) is 2.87. The van der Waals surface area contributed by atoms with Crippen molar-refractivity contribution < 1.29 is 4.79 Å². The van der Waals surface area contributed by atoms with Crippen molar-refractivity contribution in [3.63, 3.8) is 0 Å². The average molecular weight is 339 g/mol. The zero-order valence-electron chi connectivity index (χ0n) is 8.85. The molecule has 0 fully saturated rings. The molecule has 3 N–H and O–H groups in total. The number of halogens is 1. The highest BCUT2D eigenvalue weighted by Gasteiger charge is 2.05. The van der Waals surface area contributed by atoms with Crippen LogP contribution in [0.2, 0.25) is 0 Å². The van der Waals surface area contributed by atoms with Crippen LogP contribution in [0.5, 0.6) is 0 Å². The molecule has 1 heterocycles. The first-order chi connectivity index (χ1) is 8.15. The summed E-state index contributed by atoms with van der Waals surface area (Å²) in [6.07, 6.45) is 1.53. The number of benzene rings is 1. The third kappa shape index (κ3) is 3.16. The smallest absolute Gasteiger partial charge is 0.255 e. The van der Waals surface area contributed by atoms with Crippen LogP contribution in [-0.2, 0) is 0 Å². The molecule has 0 radical (unpaired) electrons. The minimum absolute atomic E-state index is 0.159. The van der Waals surface area contributed by atoms with Gasteiger partial charge in [-0.15, -0.1) is 0 Å². The number of carbonyl (C=O) groups is 1. The highest BCUT2D eigenvalue weighted by molar-refractivity contribution is 14.1. The van der Waals surface area contributed by atoms with E-state index in [0.717, 1.165) is 3.57 Å². The lowest BCUT2D eigenvalue weighted by atomic mass is 10.2. The first-order valence-corrected chi connectivity index (χ1v) is 6.01. The molecule has 0 atom stereocenters. The highest BCUT2D eigenvalue weighted by Crippen LogP contribution is 2.11. The third-order valence-electron chi connectivity index (χ3n) is 2.15. The SMILES string of the molecule is Nc1ccc(NC(=O)c2ccc(I)cc2)cn1. The molecule has 0 aliphatic carbocycles. The summed E-state index contributed by atoms with van der Waals surface area (Å²) in [6.45, 7) is 0. The molecule has 0 spiro atoms. The molecule has 17 heavy (non-hydrogen) atoms. The van der Waals surface area contributed by atoms with E-state index in [9.17, 15) is 4.79 Å². The maximum Gasteiger partial charge on any atom is 0.255 e. The summed E-state index contributed by atoms with van der Waals surface area (Å²) in [5, 5.41) is 2.75. The Morgan fingerprint density at radius 1 is 1.18 bits per heavy atom. The summed E-state index contributed by atoms with van der Waals surface area (Å²) >= 11 is 2.19. The lowest BCUT2D eigenvalue weighted by molar-refractivity contribution is 0.102. The van der Waals surface area contributed by atoms with Gasteiger partial charge in [0.05, 0.1) is 11.9 Å². The number of nitrogens with two attached hydrogens (primary N) is 1. The van der Waals surface area contributed by atoms with Crippen molar-refractivity contribution in [1.29, 1.82) is 0 Å². The molecule has 86 valence electrons. The second-order valence-corrected chi connectivity index (χ2v) is 4.68. The Morgan fingerprint density at radius 2 is 1.88 bits per heavy atom. The van der Waals surface area contributed by atoms with Crippen molar-refractivity contribution in [2.75, 3.05) is 11.1 Å². The Bertz CT molecular complexity index is 522. The molecular weight excluding hydrogens is 329 g/mol. The first kappa shape index (κ1) is 11.8. The van der Waals surface area contributed by atoms with Gasteiger partial charge < -0.3 is 11.1 Å². The quantitative estimate of drug-likeness (QED) is 0.827. The fraction of sp³-hybridized carbons (Fsp3) is 0. The molecule has 5 heteroatoms. The van der Waals surface area contributed by atoms with Gasteiger partial charge in [0.15, 0.2) is 0 Å². The van der Waals surface area contributed by atoms with Crippen molar-refractivity contribution in [3.05, 3.63) is 51.7 Å². The molecule has 0 aliphatic heterocycles. The van der Waals surface area contributed by atoms with E-state index < -0.39 is 0 Å². The zero-order valence-corrected chi connectivity index (χ0v) is 11.0. The van der Waals surface area contributed by atoms with Gasteiger partial charge in [-0.3, -0.25) is 4.79 Å². The summed E-state index contributed by atoms with van der Waals surface area (Å²) in [5.74, 6) is 0.269. The molecule has 2 rings (SSSR count). The van der Waals surface area contributed by atoms with E-state index >= 15 is 0 Å². The van der Waals surface area contributed by atoms with Crippen LogP contribution in [-0.4, -0.2) is 10.9 Å². The maximum absolute atomic E-state index is 11.8. The van der Waals surface area contributed by atoms with E-state index in [-0.39, 0.29) is 5.91 Å². The monoisotopic (exact) mass is 339 g/mol. The van der Waals surface area contributed by atoms with Gasteiger partial charge in [0.2, 0.25) is 0 Å². The second-order valence-electron chi connectivity index (χ2n) is 3.43. The number of aromatic nitrogens is 1. The van der Waals surface area contributed by atoms with Crippen LogP contribution in [0.15, 0.2) is 42.6 Å².